The number of primary amides is 1. The van der Waals surface area contributed by atoms with Crippen LogP contribution in [0.1, 0.15) is 60.3 Å². The summed E-state index contributed by atoms with van der Waals surface area (Å²) in [6, 6.07) is 0. The molecule has 6 heteroatoms. The van der Waals surface area contributed by atoms with Gasteiger partial charge < -0.3 is 20.3 Å². The lowest BCUT2D eigenvalue weighted by atomic mass is 10.2. The van der Waals surface area contributed by atoms with Crippen LogP contribution in [0.5, 0.6) is 0 Å². The van der Waals surface area contributed by atoms with E-state index in [1.807, 2.05) is 19.9 Å². The molecule has 0 aliphatic heterocycles. The molecule has 0 saturated heterocycles. The average Bonchev–Trinajstić information content (AvgIpc) is 2.26. The molecule has 0 rings (SSSR count). The molecule has 21 heavy (non-hydrogen) atoms. The van der Waals surface area contributed by atoms with Gasteiger partial charge in [-0.2, -0.15) is 0 Å². The van der Waals surface area contributed by atoms with Gasteiger partial charge >= 0.3 is 12.1 Å². The fourth-order valence-electron chi connectivity index (χ4n) is 1.36. The van der Waals surface area contributed by atoms with Crippen molar-refractivity contribution in [3.05, 3.63) is 11.8 Å². The molecule has 0 aromatic carbocycles. The molecule has 1 amide bonds. The van der Waals surface area contributed by atoms with Gasteiger partial charge in [0.1, 0.15) is 5.60 Å². The van der Waals surface area contributed by atoms with Crippen LogP contribution in [-0.2, 0) is 14.3 Å². The Hall–Kier alpha value is -1.72. The van der Waals surface area contributed by atoms with Crippen LogP contribution in [0, 0.1) is 0 Å². The van der Waals surface area contributed by atoms with Crippen molar-refractivity contribution in [2.24, 2.45) is 5.73 Å². The lowest BCUT2D eigenvalue weighted by molar-refractivity contribution is -0.137. The number of nitrogens with two attached hydrogens (primary N) is 1. The smallest absolute Gasteiger partial charge is 0.405 e. The summed E-state index contributed by atoms with van der Waals surface area (Å²) in [7, 11) is 0. The van der Waals surface area contributed by atoms with E-state index < -0.39 is 17.7 Å². The molecule has 0 aromatic rings. The molecule has 0 aliphatic carbocycles. The number of rotatable bonds is 7. The minimum atomic E-state index is -0.743. The Labute approximate surface area is 127 Å². The third kappa shape index (κ3) is 20.8. The monoisotopic (exact) mass is 303 g/mol. The number of amides is 1. The van der Waals surface area contributed by atoms with Gasteiger partial charge in [0.2, 0.25) is 0 Å². The predicted octanol–water partition coefficient (Wildman–Crippen LogP) is 3.45. The summed E-state index contributed by atoms with van der Waals surface area (Å²) in [6.07, 6.45) is 3.81. The molecule has 0 spiro atoms. The number of allylic oxidation sites excluding steroid dienone is 2. The number of aliphatic carboxylic acids is 1. The van der Waals surface area contributed by atoms with Crippen molar-refractivity contribution in [3.8, 4) is 0 Å². The molecular formula is C15H29NO5. The SMILES string of the molecule is CC(C)(C)OC(N)=O.CC/C=C(/CCCC(=O)O)OCC. The average molecular weight is 303 g/mol. The molecule has 0 radical (unpaired) electrons. The minimum absolute atomic E-state index is 0.216. The highest BCUT2D eigenvalue weighted by Gasteiger charge is 2.12. The molecule has 0 heterocycles. The molecule has 0 atom stereocenters. The molecule has 0 saturated carbocycles. The fraction of sp³-hybridized carbons (Fsp3) is 0.733. The van der Waals surface area contributed by atoms with E-state index in [9.17, 15) is 9.59 Å². The zero-order valence-electron chi connectivity index (χ0n) is 13.8. The lowest BCUT2D eigenvalue weighted by Crippen LogP contribution is -2.27. The van der Waals surface area contributed by atoms with E-state index in [1.54, 1.807) is 20.8 Å². The number of ether oxygens (including phenoxy) is 2. The van der Waals surface area contributed by atoms with Gasteiger partial charge in [-0.25, -0.2) is 4.79 Å². The second kappa shape index (κ2) is 12.1. The van der Waals surface area contributed by atoms with Gasteiger partial charge in [-0.3, -0.25) is 4.79 Å². The van der Waals surface area contributed by atoms with E-state index >= 15 is 0 Å². The molecule has 124 valence electrons. The van der Waals surface area contributed by atoms with Crippen LogP contribution in [0.3, 0.4) is 0 Å². The maximum absolute atomic E-state index is 10.2. The number of carbonyl (C=O) groups is 2. The van der Waals surface area contributed by atoms with Crippen LogP contribution < -0.4 is 5.73 Å². The number of hydrogen-bond acceptors (Lipinski definition) is 4. The van der Waals surface area contributed by atoms with Gasteiger partial charge in [-0.05, 0) is 46.6 Å². The quantitative estimate of drug-likeness (QED) is 0.702. The Morgan fingerprint density at radius 2 is 1.76 bits per heavy atom. The van der Waals surface area contributed by atoms with Crippen molar-refractivity contribution in [1.82, 2.24) is 0 Å². The molecular weight excluding hydrogens is 274 g/mol. The maximum Gasteiger partial charge on any atom is 0.405 e. The molecule has 0 unspecified atom stereocenters. The van der Waals surface area contributed by atoms with Crippen molar-refractivity contribution >= 4 is 12.1 Å². The van der Waals surface area contributed by atoms with Crippen molar-refractivity contribution < 1.29 is 24.2 Å². The molecule has 3 N–H and O–H groups in total. The van der Waals surface area contributed by atoms with Crippen LogP contribution in [0.25, 0.3) is 0 Å². The number of hydrogen-bond donors (Lipinski definition) is 2. The Morgan fingerprint density at radius 1 is 1.19 bits per heavy atom. The summed E-state index contributed by atoms with van der Waals surface area (Å²) < 4.78 is 9.91. The van der Waals surface area contributed by atoms with Crippen LogP contribution in [0.15, 0.2) is 11.8 Å². The first-order valence-corrected chi connectivity index (χ1v) is 7.14. The number of carboxylic acids is 1. The summed E-state index contributed by atoms with van der Waals surface area (Å²) in [4.78, 5) is 20.3. The van der Waals surface area contributed by atoms with E-state index in [0.717, 1.165) is 18.6 Å². The van der Waals surface area contributed by atoms with E-state index in [1.165, 1.54) is 0 Å². The van der Waals surface area contributed by atoms with Crippen LogP contribution in [-0.4, -0.2) is 29.4 Å². The zero-order valence-corrected chi connectivity index (χ0v) is 13.8. The van der Waals surface area contributed by atoms with Gasteiger partial charge in [0.05, 0.1) is 12.4 Å². The lowest BCUT2D eigenvalue weighted by Gasteiger charge is -2.16. The largest absolute Gasteiger partial charge is 0.499 e. The molecule has 0 aromatic heterocycles. The Kier molecular flexibility index (Phi) is 12.4. The Morgan fingerprint density at radius 3 is 2.05 bits per heavy atom. The van der Waals surface area contributed by atoms with E-state index in [0.29, 0.717) is 13.0 Å². The highest BCUT2D eigenvalue weighted by atomic mass is 16.6. The standard InChI is InChI=1S/C10H18O3.C5H11NO2/c1-3-6-9(13-4-2)7-5-8-10(11)12;1-5(2,3)8-4(6)7/h6H,3-5,7-8H2,1-2H3,(H,11,12);1-3H3,(H2,6,7)/b9-6-;. The van der Waals surface area contributed by atoms with Crippen LogP contribution >= 0.6 is 0 Å². The normalized spacial score (nSPS) is 11.2. The Balaban J connectivity index is 0. The van der Waals surface area contributed by atoms with Gasteiger partial charge in [0.25, 0.3) is 0 Å². The van der Waals surface area contributed by atoms with Gasteiger partial charge in [-0.15, -0.1) is 0 Å². The minimum Gasteiger partial charge on any atom is -0.499 e. The third-order valence-corrected chi connectivity index (χ3v) is 1.98. The summed E-state index contributed by atoms with van der Waals surface area (Å²) in [5.41, 5.74) is 4.26. The first-order valence-electron chi connectivity index (χ1n) is 7.14. The predicted molar refractivity (Wildman–Crippen MR) is 81.9 cm³/mol. The van der Waals surface area contributed by atoms with Crippen molar-refractivity contribution in [2.45, 2.75) is 65.9 Å². The van der Waals surface area contributed by atoms with Gasteiger partial charge in [0, 0.05) is 12.8 Å². The molecule has 0 bridgehead atoms. The highest BCUT2D eigenvalue weighted by Crippen LogP contribution is 2.09. The molecule has 0 aliphatic rings. The number of carbonyl (C=O) groups excluding carboxylic acids is 1. The maximum atomic E-state index is 10.2. The summed E-state index contributed by atoms with van der Waals surface area (Å²) in [5.74, 6) is 0.179. The first kappa shape index (κ1) is 21.6. The van der Waals surface area contributed by atoms with Gasteiger partial charge in [-0.1, -0.05) is 6.92 Å². The van der Waals surface area contributed by atoms with Gasteiger partial charge in [0.15, 0.2) is 0 Å². The summed E-state index contributed by atoms with van der Waals surface area (Å²) in [5, 5.41) is 8.43. The second-order valence-electron chi connectivity index (χ2n) is 5.29. The first-order chi connectivity index (χ1) is 9.62. The molecule has 6 nitrogen and oxygen atoms in total. The van der Waals surface area contributed by atoms with E-state index in [4.69, 9.17) is 15.6 Å². The van der Waals surface area contributed by atoms with Crippen molar-refractivity contribution in [2.75, 3.05) is 6.61 Å². The van der Waals surface area contributed by atoms with E-state index in [-0.39, 0.29) is 6.42 Å². The van der Waals surface area contributed by atoms with Crippen molar-refractivity contribution in [1.29, 1.82) is 0 Å². The third-order valence-electron chi connectivity index (χ3n) is 1.98. The van der Waals surface area contributed by atoms with E-state index in [2.05, 4.69) is 4.74 Å². The topological polar surface area (TPSA) is 98.9 Å². The fourth-order valence-corrected chi connectivity index (χ4v) is 1.36. The Bertz CT molecular complexity index is 331. The summed E-state index contributed by atoms with van der Waals surface area (Å²) in [6.45, 7) is 9.91. The van der Waals surface area contributed by atoms with Crippen molar-refractivity contribution in [3.63, 3.8) is 0 Å². The molecule has 0 fully saturated rings. The van der Waals surface area contributed by atoms with Crippen LogP contribution in [0.2, 0.25) is 0 Å². The highest BCUT2D eigenvalue weighted by molar-refractivity contribution is 5.66. The second-order valence-corrected chi connectivity index (χ2v) is 5.29. The summed E-state index contributed by atoms with van der Waals surface area (Å²) >= 11 is 0. The number of carboxylic acid groups (broad SMARTS) is 1. The van der Waals surface area contributed by atoms with Crippen LogP contribution in [0.4, 0.5) is 4.79 Å². The zero-order chi connectivity index (χ0) is 16.9.